The molecule has 0 atom stereocenters. The summed E-state index contributed by atoms with van der Waals surface area (Å²) in [6, 6.07) is 17.3. The van der Waals surface area contributed by atoms with Gasteiger partial charge < -0.3 is 4.90 Å². The van der Waals surface area contributed by atoms with Gasteiger partial charge in [-0.2, -0.15) is 10.4 Å². The lowest BCUT2D eigenvalue weighted by atomic mass is 10.1. The molecule has 7 heteroatoms. The number of benzene rings is 2. The van der Waals surface area contributed by atoms with Crippen molar-refractivity contribution in [2.24, 2.45) is 0 Å². The van der Waals surface area contributed by atoms with Crippen molar-refractivity contribution < 1.29 is 4.79 Å². The van der Waals surface area contributed by atoms with E-state index in [4.69, 9.17) is 16.9 Å². The van der Waals surface area contributed by atoms with E-state index in [1.165, 1.54) is 5.56 Å². The molecule has 3 aromatic rings. The van der Waals surface area contributed by atoms with E-state index < -0.39 is 0 Å². The molecule has 1 aliphatic rings. The van der Waals surface area contributed by atoms with Gasteiger partial charge in [-0.05, 0) is 49.2 Å². The molecule has 0 bridgehead atoms. The largest absolute Gasteiger partial charge is 0.337 e. The standard InChI is InChI=1S/C24H24ClN5O/c1-18-23(16-27-30(18)22-5-2-4-21(25)14-22)24(31)29-11-3-10-28(12-13-29)17-20-8-6-19(15-26)7-9-20/h2,4-9,14,16H,3,10-13,17H2,1H3. The Bertz CT molecular complexity index is 1120. The fourth-order valence-electron chi connectivity index (χ4n) is 3.93. The lowest BCUT2D eigenvalue weighted by molar-refractivity contribution is 0.0760. The third-order valence-electron chi connectivity index (χ3n) is 5.66. The van der Waals surface area contributed by atoms with Crippen LogP contribution in [0.5, 0.6) is 0 Å². The predicted octanol–water partition coefficient (Wildman–Crippen LogP) is 4.05. The second-order valence-corrected chi connectivity index (χ2v) is 8.20. The highest BCUT2D eigenvalue weighted by atomic mass is 35.5. The second-order valence-electron chi connectivity index (χ2n) is 7.77. The van der Waals surface area contributed by atoms with E-state index in [9.17, 15) is 4.79 Å². The molecule has 2 heterocycles. The Morgan fingerprint density at radius 3 is 2.68 bits per heavy atom. The quantitative estimate of drug-likeness (QED) is 0.622. The fourth-order valence-corrected chi connectivity index (χ4v) is 4.12. The maximum atomic E-state index is 13.2. The van der Waals surface area contributed by atoms with Gasteiger partial charge >= 0.3 is 0 Å². The number of aromatic nitrogens is 2. The molecule has 6 nitrogen and oxygen atoms in total. The summed E-state index contributed by atoms with van der Waals surface area (Å²) in [4.78, 5) is 17.5. The Labute approximate surface area is 187 Å². The summed E-state index contributed by atoms with van der Waals surface area (Å²) in [5.41, 5.74) is 4.13. The van der Waals surface area contributed by atoms with Crippen LogP contribution in [0.4, 0.5) is 0 Å². The maximum Gasteiger partial charge on any atom is 0.257 e. The highest BCUT2D eigenvalue weighted by Crippen LogP contribution is 2.20. The molecule has 0 spiro atoms. The Morgan fingerprint density at radius 1 is 1.13 bits per heavy atom. The number of hydrogen-bond acceptors (Lipinski definition) is 4. The van der Waals surface area contributed by atoms with Crippen molar-refractivity contribution in [3.63, 3.8) is 0 Å². The average Bonchev–Trinajstić information content (AvgIpc) is 3.01. The van der Waals surface area contributed by atoms with E-state index in [1.54, 1.807) is 10.9 Å². The number of rotatable bonds is 4. The molecule has 1 saturated heterocycles. The van der Waals surface area contributed by atoms with E-state index in [-0.39, 0.29) is 5.91 Å². The SMILES string of the molecule is Cc1c(C(=O)N2CCCN(Cc3ccc(C#N)cc3)CC2)cnn1-c1cccc(Cl)c1. The lowest BCUT2D eigenvalue weighted by Gasteiger charge is -2.22. The van der Waals surface area contributed by atoms with Gasteiger partial charge in [0.05, 0.1) is 34.8 Å². The van der Waals surface area contributed by atoms with Crippen LogP contribution in [-0.2, 0) is 6.54 Å². The number of hydrogen-bond donors (Lipinski definition) is 0. The first-order valence-electron chi connectivity index (χ1n) is 10.4. The molecular formula is C24H24ClN5O. The van der Waals surface area contributed by atoms with Crippen molar-refractivity contribution in [2.75, 3.05) is 26.2 Å². The number of nitriles is 1. The number of carbonyl (C=O) groups excluding carboxylic acids is 1. The van der Waals surface area contributed by atoms with Gasteiger partial charge in [-0.1, -0.05) is 29.8 Å². The Hall–Kier alpha value is -3.14. The van der Waals surface area contributed by atoms with Crippen LogP contribution in [0.1, 0.15) is 33.6 Å². The molecule has 1 aliphatic heterocycles. The number of carbonyl (C=O) groups is 1. The van der Waals surface area contributed by atoms with E-state index in [0.29, 0.717) is 22.7 Å². The van der Waals surface area contributed by atoms with Gasteiger partial charge in [0.2, 0.25) is 0 Å². The molecule has 0 saturated carbocycles. The van der Waals surface area contributed by atoms with Crippen molar-refractivity contribution in [3.05, 3.63) is 82.1 Å². The van der Waals surface area contributed by atoms with Crippen LogP contribution in [0.15, 0.2) is 54.7 Å². The van der Waals surface area contributed by atoms with Crippen LogP contribution in [0.2, 0.25) is 5.02 Å². The Balaban J connectivity index is 1.42. The zero-order valence-corrected chi connectivity index (χ0v) is 18.2. The van der Waals surface area contributed by atoms with Crippen LogP contribution in [0, 0.1) is 18.3 Å². The van der Waals surface area contributed by atoms with Gasteiger partial charge in [0.15, 0.2) is 0 Å². The molecule has 0 radical (unpaired) electrons. The van der Waals surface area contributed by atoms with Crippen molar-refractivity contribution in [1.29, 1.82) is 5.26 Å². The van der Waals surface area contributed by atoms with Gasteiger partial charge in [-0.15, -0.1) is 0 Å². The normalized spacial score (nSPS) is 14.8. The van der Waals surface area contributed by atoms with E-state index in [0.717, 1.165) is 44.0 Å². The predicted molar refractivity (Wildman–Crippen MR) is 120 cm³/mol. The third kappa shape index (κ3) is 4.79. The van der Waals surface area contributed by atoms with Crippen LogP contribution in [0.25, 0.3) is 5.69 Å². The van der Waals surface area contributed by atoms with Crippen LogP contribution in [0.3, 0.4) is 0 Å². The summed E-state index contributed by atoms with van der Waals surface area (Å²) in [6.45, 7) is 5.88. The third-order valence-corrected chi connectivity index (χ3v) is 5.89. The first kappa shape index (κ1) is 21.1. The summed E-state index contributed by atoms with van der Waals surface area (Å²) in [6.07, 6.45) is 2.57. The summed E-state index contributed by atoms with van der Waals surface area (Å²) in [5.74, 6) is 0.0194. The van der Waals surface area contributed by atoms with Crippen molar-refractivity contribution in [3.8, 4) is 11.8 Å². The fraction of sp³-hybridized carbons (Fsp3) is 0.292. The topological polar surface area (TPSA) is 65.2 Å². The first-order valence-corrected chi connectivity index (χ1v) is 10.7. The van der Waals surface area contributed by atoms with Crippen LogP contribution >= 0.6 is 11.6 Å². The molecule has 1 fully saturated rings. The lowest BCUT2D eigenvalue weighted by Crippen LogP contribution is -2.35. The molecule has 0 N–H and O–H groups in total. The minimum absolute atomic E-state index is 0.0194. The molecule has 158 valence electrons. The van der Waals surface area contributed by atoms with Gasteiger partial charge in [0.25, 0.3) is 5.91 Å². The Morgan fingerprint density at radius 2 is 1.94 bits per heavy atom. The summed E-state index contributed by atoms with van der Waals surface area (Å²) in [7, 11) is 0. The van der Waals surface area contributed by atoms with E-state index >= 15 is 0 Å². The van der Waals surface area contributed by atoms with Gasteiger partial charge in [-0.3, -0.25) is 9.69 Å². The smallest absolute Gasteiger partial charge is 0.257 e. The monoisotopic (exact) mass is 433 g/mol. The summed E-state index contributed by atoms with van der Waals surface area (Å²) < 4.78 is 1.76. The van der Waals surface area contributed by atoms with E-state index in [2.05, 4.69) is 16.1 Å². The van der Waals surface area contributed by atoms with Crippen molar-refractivity contribution in [2.45, 2.75) is 19.9 Å². The van der Waals surface area contributed by atoms with Gasteiger partial charge in [-0.25, -0.2) is 4.68 Å². The zero-order valence-electron chi connectivity index (χ0n) is 17.5. The van der Waals surface area contributed by atoms with Crippen LogP contribution < -0.4 is 0 Å². The van der Waals surface area contributed by atoms with Gasteiger partial charge in [0, 0.05) is 37.7 Å². The number of halogens is 1. The molecule has 0 aliphatic carbocycles. The summed E-state index contributed by atoms with van der Waals surface area (Å²) >= 11 is 6.11. The van der Waals surface area contributed by atoms with Gasteiger partial charge in [0.1, 0.15) is 0 Å². The molecule has 1 amide bonds. The van der Waals surface area contributed by atoms with E-state index in [1.807, 2.05) is 60.4 Å². The molecule has 1 aromatic heterocycles. The highest BCUT2D eigenvalue weighted by Gasteiger charge is 2.24. The second kappa shape index (κ2) is 9.34. The maximum absolute atomic E-state index is 13.2. The molecule has 31 heavy (non-hydrogen) atoms. The molecule has 0 unspecified atom stereocenters. The minimum atomic E-state index is 0.0194. The zero-order chi connectivity index (χ0) is 21.8. The van der Waals surface area contributed by atoms with Crippen molar-refractivity contribution >= 4 is 17.5 Å². The molecule has 4 rings (SSSR count). The highest BCUT2D eigenvalue weighted by molar-refractivity contribution is 6.30. The van der Waals surface area contributed by atoms with Crippen LogP contribution in [-0.4, -0.2) is 51.7 Å². The average molecular weight is 434 g/mol. The number of nitrogens with zero attached hydrogens (tertiary/aromatic N) is 5. The summed E-state index contributed by atoms with van der Waals surface area (Å²) in [5, 5.41) is 14.0. The Kier molecular flexibility index (Phi) is 6.36. The number of amides is 1. The molecular weight excluding hydrogens is 410 g/mol. The van der Waals surface area contributed by atoms with Crippen molar-refractivity contribution in [1.82, 2.24) is 19.6 Å². The molecule has 2 aromatic carbocycles. The minimum Gasteiger partial charge on any atom is -0.337 e. The first-order chi connectivity index (χ1) is 15.0.